The lowest BCUT2D eigenvalue weighted by Gasteiger charge is -2.16. The smallest absolute Gasteiger partial charge is 0.321 e. The number of carbonyl (C=O) groups excluding carboxylic acids is 1. The summed E-state index contributed by atoms with van der Waals surface area (Å²) < 4.78 is 30.8. The zero-order valence-electron chi connectivity index (χ0n) is 14.3. The molecular weight excluding hydrogens is 360 g/mol. The van der Waals surface area contributed by atoms with Crippen molar-refractivity contribution < 1.29 is 22.9 Å². The largest absolute Gasteiger partial charge is 0.460 e. The number of aryl methyl sites for hydroxylation is 1. The number of nitro benzene ring substituents is 1. The molecule has 0 atom stereocenters. The SMILES string of the molecule is Cc1ccc(S(=O)(=O)N(C)CC(=O)OCc2ccc([N+](=O)[O-])cc2)cc1. The predicted octanol–water partition coefficient (Wildman–Crippen LogP) is 2.27. The van der Waals surface area contributed by atoms with Crippen molar-refractivity contribution in [1.29, 1.82) is 0 Å². The minimum absolute atomic E-state index is 0.0657. The van der Waals surface area contributed by atoms with Crippen LogP contribution < -0.4 is 0 Å². The number of nitro groups is 1. The molecule has 0 aliphatic heterocycles. The first kappa shape index (κ1) is 19.5. The first-order valence-electron chi connectivity index (χ1n) is 7.62. The van der Waals surface area contributed by atoms with Crippen molar-refractivity contribution in [3.05, 3.63) is 69.8 Å². The maximum Gasteiger partial charge on any atom is 0.321 e. The molecule has 2 aromatic rings. The van der Waals surface area contributed by atoms with E-state index in [1.165, 1.54) is 43.4 Å². The van der Waals surface area contributed by atoms with Crippen molar-refractivity contribution in [3.8, 4) is 0 Å². The maximum absolute atomic E-state index is 12.4. The minimum atomic E-state index is -3.79. The van der Waals surface area contributed by atoms with Crippen LogP contribution in [0.15, 0.2) is 53.4 Å². The molecule has 0 aliphatic carbocycles. The van der Waals surface area contributed by atoms with E-state index < -0.39 is 27.5 Å². The molecule has 9 heteroatoms. The van der Waals surface area contributed by atoms with Gasteiger partial charge >= 0.3 is 5.97 Å². The second-order valence-electron chi connectivity index (χ2n) is 5.66. The van der Waals surface area contributed by atoms with Gasteiger partial charge in [-0.2, -0.15) is 4.31 Å². The van der Waals surface area contributed by atoms with Gasteiger partial charge in [0.2, 0.25) is 10.0 Å². The van der Waals surface area contributed by atoms with Crippen LogP contribution in [0.2, 0.25) is 0 Å². The molecule has 2 aromatic carbocycles. The molecular formula is C17H18N2O6S. The average Bonchev–Trinajstić information content (AvgIpc) is 2.60. The van der Waals surface area contributed by atoms with Crippen LogP contribution >= 0.6 is 0 Å². The highest BCUT2D eigenvalue weighted by molar-refractivity contribution is 7.89. The molecule has 0 bridgehead atoms. The van der Waals surface area contributed by atoms with E-state index in [4.69, 9.17) is 4.74 Å². The van der Waals surface area contributed by atoms with Crippen LogP contribution in [0.5, 0.6) is 0 Å². The van der Waals surface area contributed by atoms with Gasteiger partial charge in [-0.15, -0.1) is 0 Å². The zero-order valence-corrected chi connectivity index (χ0v) is 15.1. The predicted molar refractivity (Wildman–Crippen MR) is 93.9 cm³/mol. The number of esters is 1. The van der Waals surface area contributed by atoms with E-state index in [2.05, 4.69) is 0 Å². The summed E-state index contributed by atoms with van der Waals surface area (Å²) in [5.74, 6) is -0.721. The molecule has 2 rings (SSSR count). The summed E-state index contributed by atoms with van der Waals surface area (Å²) in [5, 5.41) is 10.6. The van der Waals surface area contributed by atoms with Crippen LogP contribution in [0.4, 0.5) is 5.69 Å². The number of hydrogen-bond acceptors (Lipinski definition) is 6. The Kier molecular flexibility index (Phi) is 6.06. The van der Waals surface area contributed by atoms with Crippen LogP contribution in [-0.4, -0.2) is 37.2 Å². The number of non-ortho nitro benzene ring substituents is 1. The topological polar surface area (TPSA) is 107 Å². The summed E-state index contributed by atoms with van der Waals surface area (Å²) >= 11 is 0. The summed E-state index contributed by atoms with van der Waals surface area (Å²) in [5.41, 5.74) is 1.42. The molecule has 0 N–H and O–H groups in total. The summed E-state index contributed by atoms with van der Waals surface area (Å²) in [4.78, 5) is 22.0. The Hall–Kier alpha value is -2.78. The van der Waals surface area contributed by atoms with Crippen LogP contribution in [0.1, 0.15) is 11.1 Å². The van der Waals surface area contributed by atoms with Crippen LogP contribution in [0, 0.1) is 17.0 Å². The Morgan fingerprint density at radius 2 is 1.69 bits per heavy atom. The van der Waals surface area contributed by atoms with Crippen molar-refractivity contribution in [3.63, 3.8) is 0 Å². The lowest BCUT2D eigenvalue weighted by Crippen LogP contribution is -2.33. The molecule has 0 aromatic heterocycles. The molecule has 0 amide bonds. The molecule has 8 nitrogen and oxygen atoms in total. The molecule has 138 valence electrons. The van der Waals surface area contributed by atoms with E-state index in [1.54, 1.807) is 12.1 Å². The Labute approximate surface area is 151 Å². The fourth-order valence-corrected chi connectivity index (χ4v) is 3.20. The number of nitrogens with zero attached hydrogens (tertiary/aromatic N) is 2. The highest BCUT2D eigenvalue weighted by atomic mass is 32.2. The summed E-state index contributed by atoms with van der Waals surface area (Å²) in [6.45, 7) is 1.30. The second-order valence-corrected chi connectivity index (χ2v) is 7.70. The summed E-state index contributed by atoms with van der Waals surface area (Å²) in [6, 6.07) is 11.8. The van der Waals surface area contributed by atoms with E-state index in [0.29, 0.717) is 5.56 Å². The maximum atomic E-state index is 12.4. The minimum Gasteiger partial charge on any atom is -0.460 e. The molecule has 0 radical (unpaired) electrons. The van der Waals surface area contributed by atoms with Crippen LogP contribution in [0.3, 0.4) is 0 Å². The summed E-state index contributed by atoms with van der Waals surface area (Å²) in [6.07, 6.45) is 0. The van der Waals surface area contributed by atoms with Gasteiger partial charge in [0.25, 0.3) is 5.69 Å². The van der Waals surface area contributed by atoms with Crippen molar-refractivity contribution >= 4 is 21.7 Å². The Morgan fingerprint density at radius 3 is 2.23 bits per heavy atom. The van der Waals surface area contributed by atoms with Gasteiger partial charge < -0.3 is 4.74 Å². The highest BCUT2D eigenvalue weighted by Gasteiger charge is 2.23. The first-order chi connectivity index (χ1) is 12.2. The number of rotatable bonds is 7. The Morgan fingerprint density at radius 1 is 1.12 bits per heavy atom. The van der Waals surface area contributed by atoms with Gasteiger partial charge in [-0.25, -0.2) is 8.42 Å². The standard InChI is InChI=1S/C17H18N2O6S/c1-13-3-9-16(10-4-13)26(23,24)18(2)11-17(20)25-12-14-5-7-15(8-6-14)19(21)22/h3-10H,11-12H2,1-2H3. The van der Waals surface area contributed by atoms with E-state index in [-0.39, 0.29) is 17.2 Å². The van der Waals surface area contributed by atoms with Gasteiger partial charge in [-0.05, 0) is 36.8 Å². The first-order valence-corrected chi connectivity index (χ1v) is 9.06. The van der Waals surface area contributed by atoms with E-state index in [0.717, 1.165) is 9.87 Å². The second kappa shape index (κ2) is 8.07. The number of likely N-dealkylation sites (N-methyl/N-ethyl adjacent to an activating group) is 1. The molecule has 0 spiro atoms. The van der Waals surface area contributed by atoms with E-state index in [9.17, 15) is 23.3 Å². The molecule has 0 fully saturated rings. The van der Waals surface area contributed by atoms with E-state index in [1.807, 2.05) is 6.92 Å². The van der Waals surface area contributed by atoms with Gasteiger partial charge in [0, 0.05) is 19.2 Å². The number of carbonyl (C=O) groups is 1. The molecule has 0 heterocycles. The van der Waals surface area contributed by atoms with Crippen molar-refractivity contribution in [2.24, 2.45) is 0 Å². The fourth-order valence-electron chi connectivity index (χ4n) is 2.08. The lowest BCUT2D eigenvalue weighted by molar-refractivity contribution is -0.384. The highest BCUT2D eigenvalue weighted by Crippen LogP contribution is 2.15. The van der Waals surface area contributed by atoms with Gasteiger partial charge in [0.1, 0.15) is 13.2 Å². The molecule has 0 unspecified atom stereocenters. The lowest BCUT2D eigenvalue weighted by atomic mass is 10.2. The summed E-state index contributed by atoms with van der Waals surface area (Å²) in [7, 11) is -2.50. The third-order valence-electron chi connectivity index (χ3n) is 3.63. The Balaban J connectivity index is 1.94. The third kappa shape index (κ3) is 4.87. The number of sulfonamides is 1. The van der Waals surface area contributed by atoms with E-state index >= 15 is 0 Å². The van der Waals surface area contributed by atoms with Crippen molar-refractivity contribution in [1.82, 2.24) is 4.31 Å². The number of ether oxygens (including phenoxy) is 1. The molecule has 0 saturated heterocycles. The number of hydrogen-bond donors (Lipinski definition) is 0. The quantitative estimate of drug-likeness (QED) is 0.416. The van der Waals surface area contributed by atoms with Crippen LogP contribution in [0.25, 0.3) is 0 Å². The van der Waals surface area contributed by atoms with Gasteiger partial charge in [-0.3, -0.25) is 14.9 Å². The normalized spacial score (nSPS) is 11.3. The molecule has 26 heavy (non-hydrogen) atoms. The fraction of sp³-hybridized carbons (Fsp3) is 0.235. The van der Waals surface area contributed by atoms with Crippen LogP contribution in [-0.2, 0) is 26.2 Å². The average molecular weight is 378 g/mol. The van der Waals surface area contributed by atoms with Crippen molar-refractivity contribution in [2.45, 2.75) is 18.4 Å². The monoisotopic (exact) mass is 378 g/mol. The van der Waals surface area contributed by atoms with Gasteiger partial charge in [0.15, 0.2) is 0 Å². The van der Waals surface area contributed by atoms with Gasteiger partial charge in [0.05, 0.1) is 9.82 Å². The molecule has 0 saturated carbocycles. The van der Waals surface area contributed by atoms with Gasteiger partial charge in [-0.1, -0.05) is 17.7 Å². The van der Waals surface area contributed by atoms with Crippen molar-refractivity contribution in [2.75, 3.05) is 13.6 Å². The zero-order chi connectivity index (χ0) is 19.3. The number of benzene rings is 2. The third-order valence-corrected chi connectivity index (χ3v) is 5.45. The molecule has 0 aliphatic rings. The Bertz CT molecular complexity index is 892.